The van der Waals surface area contributed by atoms with Crippen LogP contribution < -0.4 is 22.1 Å². The van der Waals surface area contributed by atoms with Gasteiger partial charge in [0.15, 0.2) is 11.5 Å². The summed E-state index contributed by atoms with van der Waals surface area (Å²) in [5.41, 5.74) is 10.9. The van der Waals surface area contributed by atoms with Crippen molar-refractivity contribution < 1.29 is 9.59 Å². The molecule has 1 unspecified atom stereocenters. The van der Waals surface area contributed by atoms with Gasteiger partial charge in [0.2, 0.25) is 5.91 Å². The predicted octanol–water partition coefficient (Wildman–Crippen LogP) is 0.810. The molecule has 0 bridgehead atoms. The molecule has 0 aliphatic heterocycles. The first-order valence-corrected chi connectivity index (χ1v) is 7.78. The van der Waals surface area contributed by atoms with Crippen molar-refractivity contribution in [2.24, 2.45) is 11.5 Å². The summed E-state index contributed by atoms with van der Waals surface area (Å²) in [4.78, 5) is 31.2. The number of carbonyl (C=O) groups excluding carboxylic acids is 2. The third-order valence-electron chi connectivity index (χ3n) is 3.14. The third-order valence-corrected chi connectivity index (χ3v) is 3.38. The lowest BCUT2D eigenvalue weighted by molar-refractivity contribution is -0.118. The summed E-state index contributed by atoms with van der Waals surface area (Å²) < 4.78 is 0. The highest BCUT2D eigenvalue weighted by Gasteiger charge is 2.17. The molecule has 0 saturated heterocycles. The highest BCUT2D eigenvalue weighted by Crippen LogP contribution is 2.15. The van der Waals surface area contributed by atoms with E-state index in [1.165, 1.54) is 6.20 Å². The van der Waals surface area contributed by atoms with Gasteiger partial charge in [-0.25, -0.2) is 9.97 Å². The van der Waals surface area contributed by atoms with Gasteiger partial charge in [-0.3, -0.25) is 9.59 Å². The molecule has 7 N–H and O–H groups in total. The monoisotopic (exact) mass is 351 g/mol. The number of anilines is 2. The van der Waals surface area contributed by atoms with Gasteiger partial charge in [-0.2, -0.15) is 0 Å². The van der Waals surface area contributed by atoms with E-state index in [4.69, 9.17) is 29.1 Å². The van der Waals surface area contributed by atoms with Crippen molar-refractivity contribution in [1.29, 1.82) is 5.41 Å². The Morgan fingerprint density at radius 2 is 2.04 bits per heavy atom. The Balaban J connectivity index is 3.04. The van der Waals surface area contributed by atoms with Crippen LogP contribution in [0.5, 0.6) is 0 Å². The standard InChI is InChI=1S/C14H21N7O2S/c1-3-7(15)5-10(24)21-14-11(13(17)23)18-6-9(20-14)19-8(4-2)12(16)22/h6,8,15H,3-5H2,1-2H3,(H2,16,22)(H2,17,23)(H2,19,20,21,24). The molecule has 1 heterocycles. The summed E-state index contributed by atoms with van der Waals surface area (Å²) in [5.74, 6) is -0.978. The molecule has 0 aliphatic carbocycles. The lowest BCUT2D eigenvalue weighted by Crippen LogP contribution is -2.35. The van der Waals surface area contributed by atoms with Gasteiger partial charge in [0.1, 0.15) is 11.9 Å². The lowest BCUT2D eigenvalue weighted by atomic mass is 10.2. The van der Waals surface area contributed by atoms with E-state index in [0.29, 0.717) is 23.5 Å². The fourth-order valence-corrected chi connectivity index (χ4v) is 2.04. The Labute approximate surface area is 145 Å². The normalized spacial score (nSPS) is 11.4. The molecule has 1 atom stereocenters. The minimum Gasteiger partial charge on any atom is -0.368 e. The first-order chi connectivity index (χ1) is 11.3. The van der Waals surface area contributed by atoms with Crippen molar-refractivity contribution in [1.82, 2.24) is 9.97 Å². The zero-order valence-corrected chi connectivity index (χ0v) is 14.4. The summed E-state index contributed by atoms with van der Waals surface area (Å²) in [6.07, 6.45) is 2.55. The molecule has 2 amide bonds. The molecule has 1 aromatic heterocycles. The van der Waals surface area contributed by atoms with Gasteiger partial charge in [0, 0.05) is 12.1 Å². The predicted molar refractivity (Wildman–Crippen MR) is 96.3 cm³/mol. The molecular formula is C14H21N7O2S. The summed E-state index contributed by atoms with van der Waals surface area (Å²) in [5, 5.41) is 13.3. The number of rotatable bonds is 9. The van der Waals surface area contributed by atoms with Crippen LogP contribution in [-0.4, -0.2) is 38.5 Å². The Morgan fingerprint density at radius 3 is 2.54 bits per heavy atom. The molecule has 0 fully saturated rings. The minimum absolute atomic E-state index is 0.0701. The summed E-state index contributed by atoms with van der Waals surface area (Å²) >= 11 is 5.15. The third kappa shape index (κ3) is 5.54. The first-order valence-electron chi connectivity index (χ1n) is 7.37. The van der Waals surface area contributed by atoms with Crippen molar-refractivity contribution in [2.75, 3.05) is 10.6 Å². The van der Waals surface area contributed by atoms with Crippen LogP contribution in [-0.2, 0) is 4.79 Å². The lowest BCUT2D eigenvalue weighted by Gasteiger charge is -2.16. The fraction of sp³-hybridized carbons (Fsp3) is 0.429. The number of aromatic nitrogens is 2. The second-order valence-electron chi connectivity index (χ2n) is 5.01. The second-order valence-corrected chi connectivity index (χ2v) is 5.50. The van der Waals surface area contributed by atoms with Crippen molar-refractivity contribution in [3.63, 3.8) is 0 Å². The molecule has 1 aromatic rings. The summed E-state index contributed by atoms with van der Waals surface area (Å²) in [6, 6.07) is -0.619. The van der Waals surface area contributed by atoms with E-state index in [9.17, 15) is 9.59 Å². The minimum atomic E-state index is -0.771. The average molecular weight is 351 g/mol. The number of hydrogen-bond donors (Lipinski definition) is 5. The highest BCUT2D eigenvalue weighted by atomic mass is 32.1. The number of thiocarbonyl (C=S) groups is 1. The summed E-state index contributed by atoms with van der Waals surface area (Å²) in [7, 11) is 0. The Hall–Kier alpha value is -2.62. The maximum Gasteiger partial charge on any atom is 0.271 e. The molecule has 0 saturated carbocycles. The van der Waals surface area contributed by atoms with E-state index in [0.717, 1.165) is 0 Å². The van der Waals surface area contributed by atoms with Crippen LogP contribution in [0.25, 0.3) is 0 Å². The molecule has 0 aromatic carbocycles. The smallest absolute Gasteiger partial charge is 0.271 e. The maximum atomic E-state index is 11.5. The van der Waals surface area contributed by atoms with Crippen LogP contribution in [0, 0.1) is 5.41 Å². The van der Waals surface area contributed by atoms with Crippen LogP contribution in [0.15, 0.2) is 6.20 Å². The number of amides is 2. The molecule has 0 aliphatic rings. The van der Waals surface area contributed by atoms with Crippen LogP contribution in [0.1, 0.15) is 43.6 Å². The van der Waals surface area contributed by atoms with E-state index in [1.807, 2.05) is 6.92 Å². The number of hydrogen-bond acceptors (Lipinski definition) is 7. The van der Waals surface area contributed by atoms with Gasteiger partial charge in [0.25, 0.3) is 5.91 Å². The van der Waals surface area contributed by atoms with Gasteiger partial charge >= 0.3 is 0 Å². The van der Waals surface area contributed by atoms with Crippen molar-refractivity contribution in [3.05, 3.63) is 11.9 Å². The zero-order valence-electron chi connectivity index (χ0n) is 13.5. The van der Waals surface area contributed by atoms with Crippen molar-refractivity contribution >= 4 is 46.4 Å². The van der Waals surface area contributed by atoms with E-state index in [2.05, 4.69) is 20.6 Å². The Morgan fingerprint density at radius 1 is 1.38 bits per heavy atom. The number of nitrogens with zero attached hydrogens (tertiary/aromatic N) is 2. The molecular weight excluding hydrogens is 330 g/mol. The quantitative estimate of drug-likeness (QED) is 0.325. The van der Waals surface area contributed by atoms with Gasteiger partial charge in [-0.05, 0) is 12.8 Å². The average Bonchev–Trinajstić information content (AvgIpc) is 2.51. The van der Waals surface area contributed by atoms with Crippen molar-refractivity contribution in [2.45, 2.75) is 39.2 Å². The SMILES string of the molecule is CCC(=N)CC(=S)Nc1nc(NC(CC)C(N)=O)cnc1C(N)=O. The molecule has 0 spiro atoms. The van der Waals surface area contributed by atoms with Gasteiger partial charge < -0.3 is 27.5 Å². The molecule has 1 rings (SSSR count). The van der Waals surface area contributed by atoms with E-state index in [1.54, 1.807) is 6.92 Å². The van der Waals surface area contributed by atoms with Crippen LogP contribution in [0.3, 0.4) is 0 Å². The Bertz CT molecular complexity index is 663. The molecule has 10 heteroatoms. The Kier molecular flexibility index (Phi) is 7.18. The van der Waals surface area contributed by atoms with Crippen LogP contribution in [0.4, 0.5) is 11.6 Å². The second kappa shape index (κ2) is 8.87. The highest BCUT2D eigenvalue weighted by molar-refractivity contribution is 7.80. The number of carbonyl (C=O) groups is 2. The summed E-state index contributed by atoms with van der Waals surface area (Å²) in [6.45, 7) is 3.64. The molecule has 130 valence electrons. The topological polar surface area (TPSA) is 160 Å². The van der Waals surface area contributed by atoms with E-state index < -0.39 is 17.9 Å². The van der Waals surface area contributed by atoms with Crippen LogP contribution in [0.2, 0.25) is 0 Å². The zero-order chi connectivity index (χ0) is 18.3. The number of nitrogens with one attached hydrogen (secondary N) is 3. The van der Waals surface area contributed by atoms with Crippen LogP contribution >= 0.6 is 12.2 Å². The molecule has 0 radical (unpaired) electrons. The van der Waals surface area contributed by atoms with Crippen molar-refractivity contribution in [3.8, 4) is 0 Å². The van der Waals surface area contributed by atoms with Gasteiger partial charge in [-0.15, -0.1) is 0 Å². The fourth-order valence-electron chi connectivity index (χ4n) is 1.77. The number of primary amides is 2. The van der Waals surface area contributed by atoms with Gasteiger partial charge in [-0.1, -0.05) is 26.1 Å². The molecule has 9 nitrogen and oxygen atoms in total. The van der Waals surface area contributed by atoms with Gasteiger partial charge in [0.05, 0.1) is 11.2 Å². The first kappa shape index (κ1) is 19.4. The van der Waals surface area contributed by atoms with E-state index >= 15 is 0 Å². The molecule has 24 heavy (non-hydrogen) atoms. The number of nitrogens with two attached hydrogens (primary N) is 2. The maximum absolute atomic E-state index is 11.5. The van der Waals surface area contributed by atoms with E-state index in [-0.39, 0.29) is 23.8 Å². The largest absolute Gasteiger partial charge is 0.368 e.